The van der Waals surface area contributed by atoms with E-state index in [0.29, 0.717) is 17.2 Å². The van der Waals surface area contributed by atoms with Crippen LogP contribution < -0.4 is 0 Å². The van der Waals surface area contributed by atoms with E-state index in [0.717, 1.165) is 43.0 Å². The number of hydrogen-bond acceptors (Lipinski definition) is 8. The first-order valence-corrected chi connectivity index (χ1v) is 10.6. The Bertz CT molecular complexity index is 1290. The average molecular weight is 462 g/mol. The fourth-order valence-electron chi connectivity index (χ4n) is 4.51. The Morgan fingerprint density at radius 2 is 1.76 bits per heavy atom. The van der Waals surface area contributed by atoms with E-state index in [1.165, 1.54) is 11.3 Å². The van der Waals surface area contributed by atoms with Crippen LogP contribution in [0, 0.1) is 26.1 Å². The van der Waals surface area contributed by atoms with Gasteiger partial charge in [-0.3, -0.25) is 25.0 Å². The van der Waals surface area contributed by atoms with Crippen molar-refractivity contribution in [1.29, 1.82) is 0 Å². The number of carbonyl (C=O) groups is 1. The van der Waals surface area contributed by atoms with Gasteiger partial charge in [0.2, 0.25) is 0 Å². The first kappa shape index (κ1) is 21.3. The summed E-state index contributed by atoms with van der Waals surface area (Å²) in [5, 5.41) is 28.5. The summed E-state index contributed by atoms with van der Waals surface area (Å²) in [5.74, 6) is 0.314. The van der Waals surface area contributed by atoms with E-state index in [9.17, 15) is 25.0 Å². The Balaban J connectivity index is 1.60. The lowest BCUT2D eigenvalue weighted by atomic mass is 9.79. The molecule has 2 aliphatic rings. The summed E-state index contributed by atoms with van der Waals surface area (Å²) < 4.78 is 11.1. The van der Waals surface area contributed by atoms with Gasteiger partial charge in [0.05, 0.1) is 39.7 Å². The lowest BCUT2D eigenvalue weighted by molar-refractivity contribution is -0.394. The van der Waals surface area contributed by atoms with E-state index < -0.39 is 33.2 Å². The Kier molecular flexibility index (Phi) is 5.28. The van der Waals surface area contributed by atoms with Crippen LogP contribution in [0.25, 0.3) is 6.08 Å². The Morgan fingerprint density at radius 3 is 2.38 bits per heavy atom. The largest absolute Gasteiger partial charge is 0.467 e. The minimum absolute atomic E-state index is 0.168. The van der Waals surface area contributed by atoms with E-state index in [1.54, 1.807) is 24.5 Å². The molecule has 3 aromatic rings. The van der Waals surface area contributed by atoms with E-state index in [2.05, 4.69) is 5.10 Å². The maximum Gasteiger partial charge on any atom is 0.277 e. The van der Waals surface area contributed by atoms with Gasteiger partial charge in [-0.05, 0) is 55.2 Å². The number of nitro groups is 2. The minimum atomic E-state index is -0.770. The molecule has 2 atom stereocenters. The number of carbonyl (C=O) groups excluding carboxylic acids is 1. The second-order valence-electron chi connectivity index (χ2n) is 8.03. The molecule has 0 N–H and O–H groups in total. The molecule has 1 amide bonds. The van der Waals surface area contributed by atoms with Gasteiger partial charge in [-0.2, -0.15) is 5.10 Å². The van der Waals surface area contributed by atoms with Gasteiger partial charge in [0, 0.05) is 18.1 Å². The zero-order chi connectivity index (χ0) is 23.8. The van der Waals surface area contributed by atoms with Crippen molar-refractivity contribution in [1.82, 2.24) is 5.01 Å². The number of hydrazone groups is 1. The number of non-ortho nitro benzene ring substituents is 2. The highest BCUT2D eigenvalue weighted by Crippen LogP contribution is 2.45. The topological polar surface area (TPSA) is 145 Å². The second kappa shape index (κ2) is 8.43. The molecule has 1 fully saturated rings. The molecule has 0 bridgehead atoms. The van der Waals surface area contributed by atoms with Crippen molar-refractivity contribution in [2.45, 2.75) is 25.3 Å². The molecule has 5 rings (SSSR count). The molecule has 0 radical (unpaired) electrons. The summed E-state index contributed by atoms with van der Waals surface area (Å²) in [7, 11) is 0. The number of rotatable bonds is 5. The third-order valence-corrected chi connectivity index (χ3v) is 5.98. The number of allylic oxidation sites excluding steroid dienone is 1. The third kappa shape index (κ3) is 3.76. The van der Waals surface area contributed by atoms with Gasteiger partial charge in [0.1, 0.15) is 17.6 Å². The average Bonchev–Trinajstić information content (AvgIpc) is 3.59. The minimum Gasteiger partial charge on any atom is -0.467 e. The summed E-state index contributed by atoms with van der Waals surface area (Å²) in [6.07, 6.45) is 7.30. The van der Waals surface area contributed by atoms with Gasteiger partial charge < -0.3 is 8.83 Å². The maximum atomic E-state index is 13.6. The van der Waals surface area contributed by atoms with Gasteiger partial charge in [0.25, 0.3) is 17.3 Å². The molecule has 1 aromatic carbocycles. The summed E-state index contributed by atoms with van der Waals surface area (Å²) in [6, 6.07) is 9.32. The molecule has 1 saturated carbocycles. The van der Waals surface area contributed by atoms with Gasteiger partial charge in [-0.1, -0.05) is 0 Å². The SMILES string of the molecule is O=C(c1cc([N+](=O)[O-])cc([N+](=O)[O-])c1)N1N=C2/C(=C/c3ccco3)CCC[C@H]2[C@@H]1c1ccco1. The molecular weight excluding hydrogens is 444 g/mol. The van der Waals surface area contributed by atoms with Crippen LogP contribution in [0.4, 0.5) is 11.4 Å². The van der Waals surface area contributed by atoms with Crippen molar-refractivity contribution in [3.8, 4) is 0 Å². The third-order valence-electron chi connectivity index (χ3n) is 5.98. The Labute approximate surface area is 192 Å². The van der Waals surface area contributed by atoms with Gasteiger partial charge in [0.15, 0.2) is 0 Å². The van der Waals surface area contributed by atoms with Crippen LogP contribution in [0.5, 0.6) is 0 Å². The second-order valence-corrected chi connectivity index (χ2v) is 8.03. The number of nitro benzene ring substituents is 2. The fourth-order valence-corrected chi connectivity index (χ4v) is 4.51. The highest BCUT2D eigenvalue weighted by atomic mass is 16.6. The molecule has 3 heterocycles. The van der Waals surface area contributed by atoms with E-state index in [-0.39, 0.29) is 11.5 Å². The van der Waals surface area contributed by atoms with Crippen LogP contribution in [0.2, 0.25) is 0 Å². The molecule has 2 aromatic heterocycles. The number of fused-ring (bicyclic) bond motifs is 1. The lowest BCUT2D eigenvalue weighted by Crippen LogP contribution is -2.31. The molecule has 1 aliphatic carbocycles. The molecule has 34 heavy (non-hydrogen) atoms. The zero-order valence-corrected chi connectivity index (χ0v) is 17.7. The van der Waals surface area contributed by atoms with E-state index in [4.69, 9.17) is 8.83 Å². The number of furan rings is 2. The molecule has 0 spiro atoms. The number of nitrogens with zero attached hydrogens (tertiary/aromatic N) is 4. The van der Waals surface area contributed by atoms with Gasteiger partial charge in [-0.25, -0.2) is 5.01 Å². The smallest absolute Gasteiger partial charge is 0.277 e. The van der Waals surface area contributed by atoms with Crippen molar-refractivity contribution >= 4 is 29.1 Å². The first-order valence-electron chi connectivity index (χ1n) is 10.6. The number of benzene rings is 1. The first-order chi connectivity index (χ1) is 16.4. The van der Waals surface area contributed by atoms with Crippen LogP contribution >= 0.6 is 0 Å². The standard InChI is InChI=1S/C23H18N4O7/c28-23(15-10-16(26(29)30)13-17(11-15)27(31)32)25-22(20-7-3-9-34-20)19-6-1-4-14(21(19)24-25)12-18-5-2-8-33-18/h2-3,5,7-13,19,22H,1,4,6H2/b14-12+/t19-,22-/m1/s1. The Morgan fingerprint density at radius 1 is 1.06 bits per heavy atom. The normalized spacial score (nSPS) is 20.8. The van der Waals surface area contributed by atoms with Crippen molar-refractivity contribution in [3.05, 3.63) is 97.9 Å². The molecule has 1 aliphatic heterocycles. The van der Waals surface area contributed by atoms with E-state index in [1.807, 2.05) is 12.1 Å². The van der Waals surface area contributed by atoms with Gasteiger partial charge in [-0.15, -0.1) is 0 Å². The summed E-state index contributed by atoms with van der Waals surface area (Å²) in [5.41, 5.74) is 0.335. The predicted molar refractivity (Wildman–Crippen MR) is 119 cm³/mol. The molecule has 11 nitrogen and oxygen atoms in total. The summed E-state index contributed by atoms with van der Waals surface area (Å²) in [6.45, 7) is 0. The number of amides is 1. The monoisotopic (exact) mass is 462 g/mol. The van der Waals surface area contributed by atoms with Crippen LogP contribution in [-0.2, 0) is 0 Å². The zero-order valence-electron chi connectivity index (χ0n) is 17.7. The van der Waals surface area contributed by atoms with Crippen LogP contribution in [0.1, 0.15) is 47.2 Å². The van der Waals surface area contributed by atoms with Crippen molar-refractivity contribution in [3.63, 3.8) is 0 Å². The molecule has 172 valence electrons. The van der Waals surface area contributed by atoms with Crippen molar-refractivity contribution < 1.29 is 23.5 Å². The van der Waals surface area contributed by atoms with Crippen molar-refractivity contribution in [2.24, 2.45) is 11.0 Å². The highest BCUT2D eigenvalue weighted by Gasteiger charge is 2.45. The van der Waals surface area contributed by atoms with Gasteiger partial charge >= 0.3 is 0 Å². The van der Waals surface area contributed by atoms with Crippen molar-refractivity contribution in [2.75, 3.05) is 0 Å². The molecular formula is C23H18N4O7. The molecule has 0 saturated heterocycles. The summed E-state index contributed by atoms with van der Waals surface area (Å²) in [4.78, 5) is 34.7. The van der Waals surface area contributed by atoms with E-state index >= 15 is 0 Å². The number of hydrogen-bond donors (Lipinski definition) is 0. The quantitative estimate of drug-likeness (QED) is 0.377. The predicted octanol–water partition coefficient (Wildman–Crippen LogP) is 5.13. The lowest BCUT2D eigenvalue weighted by Gasteiger charge is -2.27. The van der Waals surface area contributed by atoms with Crippen LogP contribution in [-0.4, -0.2) is 26.5 Å². The van der Waals surface area contributed by atoms with Crippen LogP contribution in [0.15, 0.2) is 74.5 Å². The molecule has 0 unspecified atom stereocenters. The highest BCUT2D eigenvalue weighted by molar-refractivity contribution is 6.09. The fraction of sp³-hybridized carbons (Fsp3) is 0.217. The Hall–Kier alpha value is -4.54. The summed E-state index contributed by atoms with van der Waals surface area (Å²) >= 11 is 0. The van der Waals surface area contributed by atoms with Crippen LogP contribution in [0.3, 0.4) is 0 Å². The maximum absolute atomic E-state index is 13.6. The molecule has 11 heteroatoms.